The van der Waals surface area contributed by atoms with Crippen LogP contribution >= 0.6 is 0 Å². The highest BCUT2D eigenvalue weighted by Crippen LogP contribution is 2.26. The van der Waals surface area contributed by atoms with E-state index in [4.69, 9.17) is 0 Å². The summed E-state index contributed by atoms with van der Waals surface area (Å²) in [7, 11) is -1.87. The number of piperidine rings is 1. The predicted octanol–water partition coefficient (Wildman–Crippen LogP) is 1.58. The molecule has 1 saturated heterocycles. The topological polar surface area (TPSA) is 84.3 Å². The van der Waals surface area contributed by atoms with E-state index in [0.29, 0.717) is 18.7 Å². The first-order chi connectivity index (χ1) is 11.9. The fourth-order valence-corrected chi connectivity index (χ4v) is 5.52. The van der Waals surface area contributed by atoms with Crippen LogP contribution in [0.15, 0.2) is 11.1 Å². The highest BCUT2D eigenvalue weighted by molar-refractivity contribution is 7.89. The molecule has 2 fully saturated rings. The van der Waals surface area contributed by atoms with Gasteiger partial charge < -0.3 is 5.32 Å². The van der Waals surface area contributed by atoms with Crippen molar-refractivity contribution in [3.05, 3.63) is 11.9 Å². The molecule has 2 heterocycles. The molecule has 25 heavy (non-hydrogen) atoms. The average Bonchev–Trinajstić information content (AvgIpc) is 2.95. The fraction of sp³-hybridized carbons (Fsp3) is 0.765. The quantitative estimate of drug-likeness (QED) is 0.874. The Morgan fingerprint density at radius 2 is 1.92 bits per heavy atom. The van der Waals surface area contributed by atoms with Gasteiger partial charge in [0.1, 0.15) is 4.90 Å². The van der Waals surface area contributed by atoms with E-state index in [-0.39, 0.29) is 29.3 Å². The van der Waals surface area contributed by atoms with Crippen LogP contribution in [0.2, 0.25) is 0 Å². The first-order valence-electron chi connectivity index (χ1n) is 9.18. The third-order valence-electron chi connectivity index (χ3n) is 5.51. The lowest BCUT2D eigenvalue weighted by atomic mass is 9.93. The molecule has 0 radical (unpaired) electrons. The van der Waals surface area contributed by atoms with Gasteiger partial charge in [0, 0.05) is 26.2 Å². The Morgan fingerprint density at radius 1 is 1.20 bits per heavy atom. The van der Waals surface area contributed by atoms with E-state index < -0.39 is 10.0 Å². The fourth-order valence-electron chi connectivity index (χ4n) is 3.81. The zero-order valence-electron chi connectivity index (χ0n) is 15.1. The van der Waals surface area contributed by atoms with Crippen molar-refractivity contribution in [3.63, 3.8) is 0 Å². The molecule has 0 aromatic carbocycles. The Morgan fingerprint density at radius 3 is 2.56 bits per heavy atom. The molecule has 1 atom stereocenters. The van der Waals surface area contributed by atoms with Crippen molar-refractivity contribution in [2.24, 2.45) is 13.0 Å². The van der Waals surface area contributed by atoms with E-state index >= 15 is 0 Å². The lowest BCUT2D eigenvalue weighted by Gasteiger charge is -2.32. The largest absolute Gasteiger partial charge is 0.353 e. The Labute approximate surface area is 149 Å². The van der Waals surface area contributed by atoms with Crippen LogP contribution in [0.5, 0.6) is 0 Å². The maximum absolute atomic E-state index is 12.9. The normalized spacial score (nSPS) is 23.5. The Balaban J connectivity index is 1.68. The number of aryl methyl sites for hydroxylation is 1. The third kappa shape index (κ3) is 3.89. The van der Waals surface area contributed by atoms with E-state index in [1.165, 1.54) is 16.9 Å². The van der Waals surface area contributed by atoms with Crippen LogP contribution < -0.4 is 5.32 Å². The predicted molar refractivity (Wildman–Crippen MR) is 94.4 cm³/mol. The standard InChI is InChI=1S/C17H28N4O3S/c1-13-16(11-18-20(13)2)25(23,24)21-10-6-7-14(12-21)17(22)19-15-8-4-3-5-9-15/h11,14-15H,3-10,12H2,1-2H3,(H,19,22)/t14-/m0/s1. The molecule has 140 valence electrons. The molecule has 3 rings (SSSR count). The van der Waals surface area contributed by atoms with Crippen LogP contribution in [0.4, 0.5) is 0 Å². The molecular formula is C17H28N4O3S. The number of carbonyl (C=O) groups excluding carboxylic acids is 1. The number of hydrogen-bond acceptors (Lipinski definition) is 4. The number of amides is 1. The summed E-state index contributed by atoms with van der Waals surface area (Å²) in [6.45, 7) is 2.47. The number of sulfonamides is 1. The average molecular weight is 369 g/mol. The first kappa shape index (κ1) is 18.4. The second-order valence-electron chi connectivity index (χ2n) is 7.26. The van der Waals surface area contributed by atoms with Gasteiger partial charge >= 0.3 is 0 Å². The monoisotopic (exact) mass is 368 g/mol. The van der Waals surface area contributed by atoms with Crippen molar-refractivity contribution in [3.8, 4) is 0 Å². The Kier molecular flexibility index (Phi) is 5.48. The minimum atomic E-state index is -3.60. The highest BCUT2D eigenvalue weighted by atomic mass is 32.2. The van der Waals surface area contributed by atoms with Crippen molar-refractivity contribution in [2.75, 3.05) is 13.1 Å². The van der Waals surface area contributed by atoms with Crippen molar-refractivity contribution >= 4 is 15.9 Å². The second kappa shape index (κ2) is 7.45. The number of aromatic nitrogens is 2. The van der Waals surface area contributed by atoms with Crippen LogP contribution in [0.25, 0.3) is 0 Å². The highest BCUT2D eigenvalue weighted by Gasteiger charge is 2.35. The van der Waals surface area contributed by atoms with Gasteiger partial charge in [-0.05, 0) is 32.6 Å². The van der Waals surface area contributed by atoms with Gasteiger partial charge in [-0.25, -0.2) is 8.42 Å². The third-order valence-corrected chi connectivity index (χ3v) is 7.48. The number of carbonyl (C=O) groups is 1. The van der Waals surface area contributed by atoms with Gasteiger partial charge in [0.15, 0.2) is 0 Å². The van der Waals surface area contributed by atoms with Crippen LogP contribution in [-0.2, 0) is 21.9 Å². The summed E-state index contributed by atoms with van der Waals surface area (Å²) in [5.74, 6) is -0.253. The van der Waals surface area contributed by atoms with Gasteiger partial charge in [0.25, 0.3) is 0 Å². The van der Waals surface area contributed by atoms with Crippen molar-refractivity contribution in [2.45, 2.75) is 62.8 Å². The molecule has 1 amide bonds. The van der Waals surface area contributed by atoms with Crippen LogP contribution in [0.3, 0.4) is 0 Å². The summed E-state index contributed by atoms with van der Waals surface area (Å²) >= 11 is 0. The molecule has 1 aromatic rings. The van der Waals surface area contributed by atoms with Gasteiger partial charge in [-0.2, -0.15) is 9.40 Å². The van der Waals surface area contributed by atoms with Crippen molar-refractivity contribution in [1.29, 1.82) is 0 Å². The van der Waals surface area contributed by atoms with Gasteiger partial charge in [-0.15, -0.1) is 0 Å². The maximum atomic E-state index is 12.9. The number of hydrogen-bond donors (Lipinski definition) is 1. The van der Waals surface area contributed by atoms with E-state index in [2.05, 4.69) is 10.4 Å². The molecule has 8 heteroatoms. The Bertz CT molecular complexity index is 722. The number of nitrogens with zero attached hydrogens (tertiary/aromatic N) is 3. The van der Waals surface area contributed by atoms with Gasteiger partial charge in [-0.1, -0.05) is 19.3 Å². The molecule has 7 nitrogen and oxygen atoms in total. The lowest BCUT2D eigenvalue weighted by Crippen LogP contribution is -2.47. The number of nitrogens with one attached hydrogen (secondary N) is 1. The second-order valence-corrected chi connectivity index (χ2v) is 9.17. The van der Waals surface area contributed by atoms with E-state index in [9.17, 15) is 13.2 Å². The van der Waals surface area contributed by atoms with Gasteiger partial charge in [0.2, 0.25) is 15.9 Å². The SMILES string of the molecule is Cc1c(S(=O)(=O)N2CCC[C@H](C(=O)NC3CCCCC3)C2)cnn1C. The minimum Gasteiger partial charge on any atom is -0.353 e. The summed E-state index contributed by atoms with van der Waals surface area (Å²) in [5.41, 5.74) is 0.619. The summed E-state index contributed by atoms with van der Waals surface area (Å²) in [6.07, 6.45) is 8.50. The molecule has 0 spiro atoms. The molecular weight excluding hydrogens is 340 g/mol. The summed E-state index contributed by atoms with van der Waals surface area (Å²) in [4.78, 5) is 12.8. The molecule has 1 saturated carbocycles. The van der Waals surface area contributed by atoms with Gasteiger partial charge in [0.05, 0.1) is 17.8 Å². The molecule has 1 aliphatic heterocycles. The molecule has 1 N–H and O–H groups in total. The van der Waals surface area contributed by atoms with E-state index in [1.807, 2.05) is 0 Å². The molecule has 0 unspecified atom stereocenters. The van der Waals surface area contributed by atoms with E-state index in [1.54, 1.807) is 18.7 Å². The molecule has 0 bridgehead atoms. The molecule has 2 aliphatic rings. The zero-order chi connectivity index (χ0) is 18.0. The first-order valence-corrected chi connectivity index (χ1v) is 10.6. The van der Waals surface area contributed by atoms with Crippen LogP contribution in [-0.4, -0.2) is 47.5 Å². The van der Waals surface area contributed by atoms with Gasteiger partial charge in [-0.3, -0.25) is 9.48 Å². The maximum Gasteiger partial charge on any atom is 0.246 e. The summed E-state index contributed by atoms with van der Waals surface area (Å²) < 4.78 is 28.9. The van der Waals surface area contributed by atoms with Crippen molar-refractivity contribution in [1.82, 2.24) is 19.4 Å². The van der Waals surface area contributed by atoms with Crippen LogP contribution in [0, 0.1) is 12.8 Å². The molecule has 1 aliphatic carbocycles. The Hall–Kier alpha value is -1.41. The lowest BCUT2D eigenvalue weighted by molar-refractivity contribution is -0.127. The smallest absolute Gasteiger partial charge is 0.246 e. The number of rotatable bonds is 4. The van der Waals surface area contributed by atoms with Crippen molar-refractivity contribution < 1.29 is 13.2 Å². The van der Waals surface area contributed by atoms with Crippen LogP contribution in [0.1, 0.15) is 50.6 Å². The minimum absolute atomic E-state index is 0.00899. The zero-order valence-corrected chi connectivity index (χ0v) is 15.9. The van der Waals surface area contributed by atoms with E-state index in [0.717, 1.165) is 32.1 Å². The molecule has 1 aromatic heterocycles. The summed E-state index contributed by atoms with van der Waals surface area (Å²) in [6, 6.07) is 0.258. The summed E-state index contributed by atoms with van der Waals surface area (Å²) in [5, 5.41) is 7.18.